The van der Waals surface area contributed by atoms with E-state index in [1.54, 1.807) is 0 Å². The van der Waals surface area contributed by atoms with E-state index in [0.29, 0.717) is 38.5 Å². The summed E-state index contributed by atoms with van der Waals surface area (Å²) >= 11 is 0. The molecule has 3 bridgehead atoms. The number of nitrogens with one attached hydrogen (secondary N) is 7. The fourth-order valence-electron chi connectivity index (χ4n) is 5.30. The molecule has 3 heterocycles. The Labute approximate surface area is 203 Å². The van der Waals surface area contributed by atoms with Crippen LogP contribution in [0.3, 0.4) is 0 Å². The zero-order chi connectivity index (χ0) is 24.7. The van der Waals surface area contributed by atoms with Crippen LogP contribution >= 0.6 is 0 Å². The summed E-state index contributed by atoms with van der Waals surface area (Å²) in [5, 5.41) is 34.0. The number of carbonyl (C=O) groups is 2. The fraction of sp³-hybridized carbons (Fsp3) is 0.913. The lowest BCUT2D eigenvalue weighted by atomic mass is 9.79. The molecule has 0 aromatic carbocycles. The van der Waals surface area contributed by atoms with Crippen LogP contribution in [-0.4, -0.2) is 106 Å². The first-order valence-corrected chi connectivity index (χ1v) is 12.7. The van der Waals surface area contributed by atoms with Crippen LogP contribution in [0.4, 0.5) is 0 Å². The second-order valence-corrected chi connectivity index (χ2v) is 11.2. The summed E-state index contributed by atoms with van der Waals surface area (Å²) in [5.41, 5.74) is 5.85. The Bertz CT molecular complexity index is 693. The van der Waals surface area contributed by atoms with Gasteiger partial charge in [0, 0.05) is 83.2 Å². The minimum Gasteiger partial charge on any atom is -0.481 e. The minimum atomic E-state index is -0.875. The van der Waals surface area contributed by atoms with Crippen LogP contribution in [0.2, 0.25) is 0 Å². The molecule has 1 amide bonds. The summed E-state index contributed by atoms with van der Waals surface area (Å²) in [7, 11) is 0. The van der Waals surface area contributed by atoms with E-state index in [0.717, 1.165) is 45.8 Å². The third-order valence-electron chi connectivity index (χ3n) is 7.48. The Hall–Kier alpha value is -1.34. The topological polar surface area (TPSA) is 165 Å². The molecule has 0 aromatic heterocycles. The molecule has 11 nitrogen and oxygen atoms in total. The Morgan fingerprint density at radius 2 is 1.47 bits per heavy atom. The smallest absolute Gasteiger partial charge is 0.303 e. The number of carboxylic acids is 1. The van der Waals surface area contributed by atoms with Gasteiger partial charge < -0.3 is 48.1 Å². The number of carboxylic acid groups (broad SMARTS) is 1. The molecule has 3 aliphatic heterocycles. The van der Waals surface area contributed by atoms with Gasteiger partial charge in [-0.3, -0.25) is 9.59 Å². The first kappa shape index (κ1) is 27.3. The van der Waals surface area contributed by atoms with Crippen molar-refractivity contribution >= 4 is 11.9 Å². The highest BCUT2D eigenvalue weighted by Crippen LogP contribution is 2.23. The van der Waals surface area contributed by atoms with E-state index in [4.69, 9.17) is 10.8 Å². The molecular formula is C23H46N8O3. The van der Waals surface area contributed by atoms with Gasteiger partial charge in [-0.1, -0.05) is 13.8 Å². The summed E-state index contributed by atoms with van der Waals surface area (Å²) in [6, 6.07) is 0.204. The number of aliphatic carboxylic acids is 1. The number of rotatable bonds is 5. The molecule has 3 aliphatic rings. The lowest BCUT2D eigenvalue weighted by molar-refractivity contribution is -0.137. The van der Waals surface area contributed by atoms with Crippen LogP contribution in [0, 0.1) is 11.3 Å². The maximum absolute atomic E-state index is 12.8. The maximum atomic E-state index is 12.8. The monoisotopic (exact) mass is 482 g/mol. The van der Waals surface area contributed by atoms with Crippen LogP contribution in [0.5, 0.6) is 0 Å². The van der Waals surface area contributed by atoms with Gasteiger partial charge in [-0.15, -0.1) is 0 Å². The number of hydrogen-bond donors (Lipinski definition) is 9. The van der Waals surface area contributed by atoms with E-state index >= 15 is 0 Å². The van der Waals surface area contributed by atoms with Gasteiger partial charge in [0.2, 0.25) is 5.91 Å². The van der Waals surface area contributed by atoms with Gasteiger partial charge in [-0.2, -0.15) is 0 Å². The molecule has 0 aliphatic carbocycles. The summed E-state index contributed by atoms with van der Waals surface area (Å²) in [4.78, 5) is 23.6. The molecule has 3 rings (SSSR count). The molecule has 10 N–H and O–H groups in total. The molecule has 0 saturated carbocycles. The van der Waals surface area contributed by atoms with Crippen molar-refractivity contribution in [3.63, 3.8) is 0 Å². The predicted octanol–water partition coefficient (Wildman–Crippen LogP) is -2.62. The van der Waals surface area contributed by atoms with Gasteiger partial charge in [-0.05, 0) is 25.4 Å². The van der Waals surface area contributed by atoms with Crippen molar-refractivity contribution in [1.29, 1.82) is 0 Å². The molecule has 3 fully saturated rings. The molecule has 5 atom stereocenters. The minimum absolute atomic E-state index is 0.00101. The van der Waals surface area contributed by atoms with E-state index in [2.05, 4.69) is 51.1 Å². The van der Waals surface area contributed by atoms with Crippen molar-refractivity contribution in [1.82, 2.24) is 37.2 Å². The highest BCUT2D eigenvalue weighted by molar-refractivity contribution is 5.77. The van der Waals surface area contributed by atoms with E-state index < -0.39 is 11.5 Å². The summed E-state index contributed by atoms with van der Waals surface area (Å²) < 4.78 is 0. The molecule has 0 radical (unpaired) electrons. The van der Waals surface area contributed by atoms with Crippen molar-refractivity contribution < 1.29 is 14.7 Å². The Balaban J connectivity index is 1.79. The van der Waals surface area contributed by atoms with Crippen LogP contribution in [0.1, 0.15) is 33.1 Å². The van der Waals surface area contributed by atoms with Crippen LogP contribution in [-0.2, 0) is 9.59 Å². The molecule has 34 heavy (non-hydrogen) atoms. The van der Waals surface area contributed by atoms with Gasteiger partial charge >= 0.3 is 5.97 Å². The number of carbonyl (C=O) groups excluding carboxylic acids is 1. The average Bonchev–Trinajstić information content (AvgIpc) is 2.79. The van der Waals surface area contributed by atoms with Crippen molar-refractivity contribution in [2.75, 3.05) is 72.0 Å². The highest BCUT2D eigenvalue weighted by Gasteiger charge is 2.41. The second kappa shape index (κ2) is 12.1. The maximum Gasteiger partial charge on any atom is 0.303 e. The fourth-order valence-corrected chi connectivity index (χ4v) is 5.30. The Kier molecular flexibility index (Phi) is 9.67. The molecule has 0 spiro atoms. The average molecular weight is 483 g/mol. The summed E-state index contributed by atoms with van der Waals surface area (Å²) in [6.45, 7) is 12.6. The number of hydrogen-bond acceptors (Lipinski definition) is 9. The van der Waals surface area contributed by atoms with Gasteiger partial charge in [-0.25, -0.2) is 0 Å². The van der Waals surface area contributed by atoms with Crippen LogP contribution < -0.4 is 43.0 Å². The van der Waals surface area contributed by atoms with Gasteiger partial charge in [0.1, 0.15) is 0 Å². The van der Waals surface area contributed by atoms with Crippen LogP contribution in [0.15, 0.2) is 0 Å². The third kappa shape index (κ3) is 7.84. The Morgan fingerprint density at radius 1 is 0.882 bits per heavy atom. The van der Waals surface area contributed by atoms with E-state index in [9.17, 15) is 9.59 Å². The summed E-state index contributed by atoms with van der Waals surface area (Å²) in [6.07, 6.45) is 0.546. The normalized spacial score (nSPS) is 38.1. The number of nitrogens with two attached hydrogens (primary N) is 1. The molecule has 2 unspecified atom stereocenters. The highest BCUT2D eigenvalue weighted by atomic mass is 16.4. The third-order valence-corrected chi connectivity index (χ3v) is 7.48. The van der Waals surface area contributed by atoms with Gasteiger partial charge in [0.15, 0.2) is 0 Å². The number of fused-ring (bicyclic) bond motifs is 5. The zero-order valence-electron chi connectivity index (χ0n) is 20.9. The number of amides is 1. The van der Waals surface area contributed by atoms with E-state index in [-0.39, 0.29) is 35.7 Å². The van der Waals surface area contributed by atoms with Gasteiger partial charge in [0.05, 0.1) is 11.1 Å². The SMILES string of the molecule is CC1CNC[C@@]2(N)CNCC3(C)CNC[C@@](NC(=O)CCCC(=O)O)(CNC1)CNC[C@@H]3NC2. The van der Waals surface area contributed by atoms with E-state index in [1.165, 1.54) is 0 Å². The lowest BCUT2D eigenvalue weighted by Crippen LogP contribution is -2.69. The molecule has 196 valence electrons. The summed E-state index contributed by atoms with van der Waals surface area (Å²) in [5.74, 6) is -0.583. The molecule has 3 saturated heterocycles. The largest absolute Gasteiger partial charge is 0.481 e. The van der Waals surface area contributed by atoms with Crippen molar-refractivity contribution in [2.24, 2.45) is 17.1 Å². The first-order valence-electron chi connectivity index (χ1n) is 12.7. The van der Waals surface area contributed by atoms with Crippen molar-refractivity contribution in [3.8, 4) is 0 Å². The lowest BCUT2D eigenvalue weighted by Gasteiger charge is -2.44. The quantitative estimate of drug-likeness (QED) is 0.203. The van der Waals surface area contributed by atoms with Crippen molar-refractivity contribution in [2.45, 2.75) is 50.2 Å². The molecule has 0 aromatic rings. The zero-order valence-corrected chi connectivity index (χ0v) is 20.9. The predicted molar refractivity (Wildman–Crippen MR) is 133 cm³/mol. The van der Waals surface area contributed by atoms with Gasteiger partial charge in [0.25, 0.3) is 0 Å². The Morgan fingerprint density at radius 3 is 2.18 bits per heavy atom. The standard InChI is InChI=1S/C23H46N8O3/c1-17-6-25-11-22(24)12-28-9-21(2)10-29-16-23(14-26-7-17,15-27-8-18(21)30-13-22)31-19(32)4-3-5-20(33)34/h17-18,25-30H,3-16,24H2,1-2H3,(H,31,32)(H,33,34)/t17?,18-,21?,22+,23+/m0/s1. The van der Waals surface area contributed by atoms with E-state index in [1.807, 2.05) is 0 Å². The second-order valence-electron chi connectivity index (χ2n) is 11.2. The van der Waals surface area contributed by atoms with Crippen molar-refractivity contribution in [3.05, 3.63) is 0 Å². The molecular weight excluding hydrogens is 436 g/mol. The first-order chi connectivity index (χ1) is 16.1. The molecule has 11 heteroatoms. The van der Waals surface area contributed by atoms with Crippen LogP contribution in [0.25, 0.3) is 0 Å².